The van der Waals surface area contributed by atoms with Gasteiger partial charge in [-0.1, -0.05) is 16.8 Å². The number of piperidine rings is 1. The number of amides is 1. The molecule has 1 amide bonds. The third kappa shape index (κ3) is 5.15. The van der Waals surface area contributed by atoms with Crippen LogP contribution in [0.3, 0.4) is 0 Å². The number of carbonyl (C=O) groups excluding carboxylic acids is 1. The van der Waals surface area contributed by atoms with Crippen molar-refractivity contribution in [2.45, 2.75) is 38.8 Å². The number of likely N-dealkylation sites (tertiary alicyclic amines) is 1. The summed E-state index contributed by atoms with van der Waals surface area (Å²) in [6, 6.07) is 7.95. The monoisotopic (exact) mass is 416 g/mol. The van der Waals surface area contributed by atoms with Crippen LogP contribution in [-0.2, 0) is 11.3 Å². The van der Waals surface area contributed by atoms with Crippen LogP contribution >= 0.6 is 11.6 Å². The van der Waals surface area contributed by atoms with Crippen LogP contribution < -0.4 is 0 Å². The van der Waals surface area contributed by atoms with Crippen LogP contribution in [-0.4, -0.2) is 80.9 Å². The minimum Gasteiger partial charge on any atom is -0.339 e. The van der Waals surface area contributed by atoms with Gasteiger partial charge in [-0.05, 0) is 50.5 Å². The highest BCUT2D eigenvalue weighted by atomic mass is 35.5. The topological polar surface area (TPSA) is 57.5 Å². The van der Waals surface area contributed by atoms with Crippen molar-refractivity contribution in [3.05, 3.63) is 41.2 Å². The van der Waals surface area contributed by atoms with Gasteiger partial charge in [-0.25, -0.2) is 4.68 Å². The second kappa shape index (κ2) is 9.24. The number of rotatable bonds is 5. The number of hydrogen-bond acceptors (Lipinski definition) is 5. The first-order valence-corrected chi connectivity index (χ1v) is 10.9. The molecule has 0 aliphatic carbocycles. The molecule has 1 atom stereocenters. The standard InChI is InChI=1S/C21H29ClN6O/c1-17-4-2-3-9-27(17)21(29)16-26-12-10-25(11-13-26)14-19-15-28(24-23-19)20-7-5-18(22)6-8-20/h5-8,15,17H,2-4,9-14,16H2,1H3. The molecule has 1 aromatic carbocycles. The van der Waals surface area contributed by atoms with E-state index in [4.69, 9.17) is 11.6 Å². The molecular formula is C21H29ClN6O. The van der Waals surface area contributed by atoms with E-state index in [-0.39, 0.29) is 5.91 Å². The lowest BCUT2D eigenvalue weighted by atomic mass is 10.0. The van der Waals surface area contributed by atoms with E-state index in [0.29, 0.717) is 17.6 Å². The predicted octanol–water partition coefficient (Wildman–Crippen LogP) is 2.44. The summed E-state index contributed by atoms with van der Waals surface area (Å²) in [6.07, 6.45) is 5.49. The van der Waals surface area contributed by atoms with E-state index >= 15 is 0 Å². The highest BCUT2D eigenvalue weighted by molar-refractivity contribution is 6.30. The second-order valence-electron chi connectivity index (χ2n) is 8.12. The molecular weight excluding hydrogens is 388 g/mol. The highest BCUT2D eigenvalue weighted by Gasteiger charge is 2.26. The Morgan fingerprint density at radius 2 is 1.79 bits per heavy atom. The molecule has 0 bridgehead atoms. The van der Waals surface area contributed by atoms with Crippen LogP contribution in [0.4, 0.5) is 0 Å². The molecule has 1 aromatic heterocycles. The average molecular weight is 417 g/mol. The second-order valence-corrected chi connectivity index (χ2v) is 8.55. The van der Waals surface area contributed by atoms with Crippen LogP contribution in [0.15, 0.2) is 30.5 Å². The van der Waals surface area contributed by atoms with Gasteiger partial charge in [0.25, 0.3) is 0 Å². The lowest BCUT2D eigenvalue weighted by Gasteiger charge is -2.37. The minimum atomic E-state index is 0.288. The van der Waals surface area contributed by atoms with E-state index < -0.39 is 0 Å². The number of carbonyl (C=O) groups is 1. The van der Waals surface area contributed by atoms with Gasteiger partial charge in [-0.15, -0.1) is 5.10 Å². The summed E-state index contributed by atoms with van der Waals surface area (Å²) in [5.74, 6) is 0.288. The molecule has 0 spiro atoms. The first kappa shape index (κ1) is 20.3. The van der Waals surface area contributed by atoms with Crippen LogP contribution in [0.1, 0.15) is 31.9 Å². The minimum absolute atomic E-state index is 0.288. The van der Waals surface area contributed by atoms with Crippen molar-refractivity contribution >= 4 is 17.5 Å². The van der Waals surface area contributed by atoms with Gasteiger partial charge < -0.3 is 4.90 Å². The van der Waals surface area contributed by atoms with Crippen molar-refractivity contribution in [3.63, 3.8) is 0 Å². The fourth-order valence-corrected chi connectivity index (χ4v) is 4.30. The largest absolute Gasteiger partial charge is 0.339 e. The molecule has 2 saturated heterocycles. The average Bonchev–Trinajstić information content (AvgIpc) is 3.19. The molecule has 2 fully saturated rings. The van der Waals surface area contributed by atoms with Crippen LogP contribution in [0, 0.1) is 0 Å². The Labute approximate surface area is 177 Å². The molecule has 29 heavy (non-hydrogen) atoms. The first-order chi connectivity index (χ1) is 14.1. The Bertz CT molecular complexity index is 815. The fraction of sp³-hybridized carbons (Fsp3) is 0.571. The summed E-state index contributed by atoms with van der Waals surface area (Å²) in [4.78, 5) is 19.4. The molecule has 156 valence electrons. The molecule has 7 nitrogen and oxygen atoms in total. The van der Waals surface area contributed by atoms with Crippen LogP contribution in [0.2, 0.25) is 5.02 Å². The molecule has 3 heterocycles. The zero-order valence-electron chi connectivity index (χ0n) is 17.0. The summed E-state index contributed by atoms with van der Waals surface area (Å²) in [6.45, 7) is 8.13. The predicted molar refractivity (Wildman–Crippen MR) is 113 cm³/mol. The molecule has 0 radical (unpaired) electrons. The van der Waals surface area contributed by atoms with E-state index in [1.807, 2.05) is 30.5 Å². The number of nitrogens with zero attached hydrogens (tertiary/aromatic N) is 6. The van der Waals surface area contributed by atoms with Gasteiger partial charge in [0, 0.05) is 50.3 Å². The summed E-state index contributed by atoms with van der Waals surface area (Å²) in [7, 11) is 0. The lowest BCUT2D eigenvalue weighted by Crippen LogP contribution is -2.51. The quantitative estimate of drug-likeness (QED) is 0.749. The zero-order chi connectivity index (χ0) is 20.2. The van der Waals surface area contributed by atoms with Crippen molar-refractivity contribution in [1.29, 1.82) is 0 Å². The van der Waals surface area contributed by atoms with Crippen molar-refractivity contribution in [3.8, 4) is 5.69 Å². The van der Waals surface area contributed by atoms with Gasteiger partial charge in [0.15, 0.2) is 0 Å². The van der Waals surface area contributed by atoms with Crippen LogP contribution in [0.5, 0.6) is 0 Å². The lowest BCUT2D eigenvalue weighted by molar-refractivity contribution is -0.136. The van der Waals surface area contributed by atoms with Crippen molar-refractivity contribution in [2.75, 3.05) is 39.3 Å². The van der Waals surface area contributed by atoms with Gasteiger partial charge in [0.2, 0.25) is 5.91 Å². The van der Waals surface area contributed by atoms with Gasteiger partial charge in [-0.3, -0.25) is 14.6 Å². The van der Waals surface area contributed by atoms with E-state index in [1.165, 1.54) is 6.42 Å². The maximum absolute atomic E-state index is 12.6. The van der Waals surface area contributed by atoms with Crippen molar-refractivity contribution in [2.24, 2.45) is 0 Å². The maximum Gasteiger partial charge on any atom is 0.236 e. The molecule has 0 N–H and O–H groups in total. The van der Waals surface area contributed by atoms with E-state index in [2.05, 4.69) is 31.9 Å². The Kier molecular flexibility index (Phi) is 6.47. The Balaban J connectivity index is 1.25. The molecule has 1 unspecified atom stereocenters. The smallest absolute Gasteiger partial charge is 0.236 e. The zero-order valence-corrected chi connectivity index (χ0v) is 17.8. The Morgan fingerprint density at radius 1 is 1.07 bits per heavy atom. The van der Waals surface area contributed by atoms with E-state index in [9.17, 15) is 4.79 Å². The van der Waals surface area contributed by atoms with Crippen molar-refractivity contribution < 1.29 is 4.79 Å². The van der Waals surface area contributed by atoms with E-state index in [0.717, 1.165) is 63.5 Å². The Morgan fingerprint density at radius 3 is 2.52 bits per heavy atom. The highest BCUT2D eigenvalue weighted by Crippen LogP contribution is 2.17. The SMILES string of the molecule is CC1CCCCN1C(=O)CN1CCN(Cc2cn(-c3ccc(Cl)cc3)nn2)CC1. The number of benzene rings is 1. The summed E-state index contributed by atoms with van der Waals surface area (Å²) < 4.78 is 1.78. The maximum atomic E-state index is 12.6. The molecule has 4 rings (SSSR count). The molecule has 2 aliphatic rings. The number of piperazine rings is 1. The van der Waals surface area contributed by atoms with Gasteiger partial charge in [0.1, 0.15) is 0 Å². The van der Waals surface area contributed by atoms with Gasteiger partial charge in [-0.2, -0.15) is 0 Å². The number of halogens is 1. The van der Waals surface area contributed by atoms with Gasteiger partial charge >= 0.3 is 0 Å². The third-order valence-electron chi connectivity index (χ3n) is 5.96. The molecule has 8 heteroatoms. The first-order valence-electron chi connectivity index (χ1n) is 10.5. The van der Waals surface area contributed by atoms with Gasteiger partial charge in [0.05, 0.1) is 24.1 Å². The third-order valence-corrected chi connectivity index (χ3v) is 6.22. The molecule has 0 saturated carbocycles. The Hall–Kier alpha value is -1.96. The molecule has 2 aliphatic heterocycles. The summed E-state index contributed by atoms with van der Waals surface area (Å²) >= 11 is 5.95. The normalized spacial score (nSPS) is 21.4. The van der Waals surface area contributed by atoms with E-state index in [1.54, 1.807) is 4.68 Å². The van der Waals surface area contributed by atoms with Crippen molar-refractivity contribution in [1.82, 2.24) is 29.7 Å². The summed E-state index contributed by atoms with van der Waals surface area (Å²) in [5, 5.41) is 9.25. The molecule has 2 aromatic rings. The number of aromatic nitrogens is 3. The fourth-order valence-electron chi connectivity index (χ4n) is 4.18. The number of hydrogen-bond donors (Lipinski definition) is 0. The van der Waals surface area contributed by atoms with Crippen LogP contribution in [0.25, 0.3) is 5.69 Å². The summed E-state index contributed by atoms with van der Waals surface area (Å²) in [5.41, 5.74) is 1.90.